The average molecular weight is 228 g/mol. The third-order valence-electron chi connectivity index (χ3n) is 2.57. The molecule has 1 N–H and O–H groups in total. The van der Waals surface area contributed by atoms with E-state index in [0.29, 0.717) is 13.2 Å². The van der Waals surface area contributed by atoms with Crippen LogP contribution < -0.4 is 0 Å². The summed E-state index contributed by atoms with van der Waals surface area (Å²) >= 11 is 0. The number of ether oxygens (including phenoxy) is 1. The molecule has 0 heterocycles. The molecule has 0 saturated heterocycles. The molecule has 2 rings (SSSR count). The first-order valence-electron chi connectivity index (χ1n) is 5.73. The fourth-order valence-electron chi connectivity index (χ4n) is 1.68. The minimum Gasteiger partial charge on any atom is -0.394 e. The lowest BCUT2D eigenvalue weighted by molar-refractivity contribution is 0.0815. The minimum absolute atomic E-state index is 0.0715. The molecule has 0 fully saturated rings. The summed E-state index contributed by atoms with van der Waals surface area (Å²) in [6.07, 6.45) is 0. The summed E-state index contributed by atoms with van der Waals surface area (Å²) in [6, 6.07) is 18.6. The van der Waals surface area contributed by atoms with Gasteiger partial charge in [0.15, 0.2) is 0 Å². The van der Waals surface area contributed by atoms with Crippen molar-refractivity contribution in [1.29, 1.82) is 0 Å². The number of hydrogen-bond donors (Lipinski definition) is 1. The van der Waals surface area contributed by atoms with Crippen molar-refractivity contribution in [2.45, 2.75) is 6.61 Å². The van der Waals surface area contributed by atoms with Crippen molar-refractivity contribution >= 4 is 0 Å². The quantitative estimate of drug-likeness (QED) is 0.797. The maximum Gasteiger partial charge on any atom is 0.0718 e. The van der Waals surface area contributed by atoms with Gasteiger partial charge in [0.2, 0.25) is 0 Å². The van der Waals surface area contributed by atoms with E-state index in [-0.39, 0.29) is 6.61 Å². The molecule has 0 unspecified atom stereocenters. The van der Waals surface area contributed by atoms with Crippen LogP contribution in [-0.4, -0.2) is 18.3 Å². The van der Waals surface area contributed by atoms with Crippen LogP contribution in [0.25, 0.3) is 11.1 Å². The minimum atomic E-state index is 0.0715. The lowest BCUT2D eigenvalue weighted by Crippen LogP contribution is -1.98. The zero-order chi connectivity index (χ0) is 11.9. The molecule has 0 spiro atoms. The van der Waals surface area contributed by atoms with Crippen LogP contribution in [0.2, 0.25) is 0 Å². The zero-order valence-electron chi connectivity index (χ0n) is 9.67. The van der Waals surface area contributed by atoms with Crippen molar-refractivity contribution in [2.75, 3.05) is 13.2 Å². The molecule has 0 atom stereocenters. The van der Waals surface area contributed by atoms with Crippen LogP contribution in [0.4, 0.5) is 0 Å². The second kappa shape index (κ2) is 6.18. The molecule has 88 valence electrons. The Morgan fingerprint density at radius 3 is 2.12 bits per heavy atom. The van der Waals surface area contributed by atoms with E-state index in [0.717, 1.165) is 5.56 Å². The molecule has 17 heavy (non-hydrogen) atoms. The molecule has 2 nitrogen and oxygen atoms in total. The van der Waals surface area contributed by atoms with Crippen molar-refractivity contribution in [1.82, 2.24) is 0 Å². The summed E-state index contributed by atoms with van der Waals surface area (Å²) in [5.41, 5.74) is 3.55. The highest BCUT2D eigenvalue weighted by atomic mass is 16.5. The third-order valence-corrected chi connectivity index (χ3v) is 2.57. The Hall–Kier alpha value is -1.64. The Labute approximate surface area is 101 Å². The monoisotopic (exact) mass is 228 g/mol. The Bertz CT molecular complexity index is 434. The van der Waals surface area contributed by atoms with Crippen molar-refractivity contribution in [3.05, 3.63) is 60.2 Å². The van der Waals surface area contributed by atoms with Gasteiger partial charge in [0.25, 0.3) is 0 Å². The molecule has 0 aliphatic rings. The van der Waals surface area contributed by atoms with Crippen LogP contribution in [-0.2, 0) is 11.3 Å². The van der Waals surface area contributed by atoms with Gasteiger partial charge in [-0.05, 0) is 16.7 Å². The summed E-state index contributed by atoms with van der Waals surface area (Å²) in [7, 11) is 0. The number of rotatable bonds is 5. The summed E-state index contributed by atoms with van der Waals surface area (Å²) in [6.45, 7) is 1.01. The van der Waals surface area contributed by atoms with Crippen molar-refractivity contribution in [2.24, 2.45) is 0 Å². The molecule has 2 heteroatoms. The van der Waals surface area contributed by atoms with Gasteiger partial charge in [-0.15, -0.1) is 0 Å². The number of hydrogen-bond acceptors (Lipinski definition) is 2. The van der Waals surface area contributed by atoms with Crippen molar-refractivity contribution in [3.8, 4) is 11.1 Å². The van der Waals surface area contributed by atoms with E-state index in [1.165, 1.54) is 11.1 Å². The van der Waals surface area contributed by atoms with Crippen LogP contribution in [0, 0.1) is 0 Å². The summed E-state index contributed by atoms with van der Waals surface area (Å²) in [4.78, 5) is 0. The standard InChI is InChI=1S/C15H16O2/c16-10-11-17-12-13-6-8-15(9-7-13)14-4-2-1-3-5-14/h1-9,16H,10-12H2. The van der Waals surface area contributed by atoms with Gasteiger partial charge in [0.1, 0.15) is 0 Å². The van der Waals surface area contributed by atoms with E-state index in [2.05, 4.69) is 36.4 Å². The molecular formula is C15H16O2. The zero-order valence-corrected chi connectivity index (χ0v) is 9.67. The lowest BCUT2D eigenvalue weighted by atomic mass is 10.0. The SMILES string of the molecule is OCCOCc1ccc(-c2ccccc2)cc1. The molecular weight excluding hydrogens is 212 g/mol. The largest absolute Gasteiger partial charge is 0.394 e. The molecule has 0 bridgehead atoms. The number of aliphatic hydroxyl groups is 1. The Kier molecular flexibility index (Phi) is 4.30. The lowest BCUT2D eigenvalue weighted by Gasteiger charge is -2.05. The van der Waals surface area contributed by atoms with Gasteiger partial charge in [0, 0.05) is 0 Å². The molecule has 0 amide bonds. The van der Waals surface area contributed by atoms with Gasteiger partial charge in [-0.3, -0.25) is 0 Å². The normalized spacial score (nSPS) is 10.4. The summed E-state index contributed by atoms with van der Waals surface area (Å²) in [5.74, 6) is 0. The van der Waals surface area contributed by atoms with Crippen LogP contribution in [0.3, 0.4) is 0 Å². The van der Waals surface area contributed by atoms with Crippen molar-refractivity contribution in [3.63, 3.8) is 0 Å². The molecule has 0 aromatic heterocycles. The third kappa shape index (κ3) is 3.41. The first-order chi connectivity index (χ1) is 8.40. The van der Waals surface area contributed by atoms with Crippen LogP contribution >= 0.6 is 0 Å². The van der Waals surface area contributed by atoms with E-state index in [9.17, 15) is 0 Å². The topological polar surface area (TPSA) is 29.5 Å². The van der Waals surface area contributed by atoms with Gasteiger partial charge in [-0.2, -0.15) is 0 Å². The Balaban J connectivity index is 2.03. The highest BCUT2D eigenvalue weighted by Gasteiger charge is 1.97. The van der Waals surface area contributed by atoms with E-state index in [1.54, 1.807) is 0 Å². The first kappa shape index (κ1) is 11.8. The maximum absolute atomic E-state index is 8.61. The average Bonchev–Trinajstić information content (AvgIpc) is 2.41. The van der Waals surface area contributed by atoms with Gasteiger partial charge < -0.3 is 9.84 Å². The molecule has 0 aliphatic heterocycles. The van der Waals surface area contributed by atoms with Crippen LogP contribution in [0.1, 0.15) is 5.56 Å². The highest BCUT2D eigenvalue weighted by Crippen LogP contribution is 2.19. The molecule has 2 aromatic rings. The predicted octanol–water partition coefficient (Wildman–Crippen LogP) is 2.86. The fourth-order valence-corrected chi connectivity index (χ4v) is 1.68. The summed E-state index contributed by atoms with van der Waals surface area (Å²) in [5, 5.41) is 8.61. The van der Waals surface area contributed by atoms with E-state index < -0.39 is 0 Å². The van der Waals surface area contributed by atoms with E-state index in [1.807, 2.05) is 18.2 Å². The number of aliphatic hydroxyl groups excluding tert-OH is 1. The second-order valence-corrected chi connectivity index (χ2v) is 3.84. The van der Waals surface area contributed by atoms with Gasteiger partial charge in [-0.1, -0.05) is 54.6 Å². The van der Waals surface area contributed by atoms with Crippen LogP contribution in [0.15, 0.2) is 54.6 Å². The maximum atomic E-state index is 8.61. The Morgan fingerprint density at radius 2 is 1.47 bits per heavy atom. The van der Waals surface area contributed by atoms with E-state index in [4.69, 9.17) is 9.84 Å². The Morgan fingerprint density at radius 1 is 0.824 bits per heavy atom. The van der Waals surface area contributed by atoms with Crippen LogP contribution in [0.5, 0.6) is 0 Å². The number of benzene rings is 2. The molecule has 0 aliphatic carbocycles. The predicted molar refractivity (Wildman–Crippen MR) is 68.6 cm³/mol. The van der Waals surface area contributed by atoms with Gasteiger partial charge in [0.05, 0.1) is 19.8 Å². The second-order valence-electron chi connectivity index (χ2n) is 3.84. The van der Waals surface area contributed by atoms with Gasteiger partial charge in [-0.25, -0.2) is 0 Å². The summed E-state index contributed by atoms with van der Waals surface area (Å²) < 4.78 is 5.26. The molecule has 2 aromatic carbocycles. The highest BCUT2D eigenvalue weighted by molar-refractivity contribution is 5.63. The van der Waals surface area contributed by atoms with E-state index >= 15 is 0 Å². The molecule has 0 radical (unpaired) electrons. The smallest absolute Gasteiger partial charge is 0.0718 e. The molecule has 0 saturated carbocycles. The fraction of sp³-hybridized carbons (Fsp3) is 0.200. The first-order valence-corrected chi connectivity index (χ1v) is 5.73. The van der Waals surface area contributed by atoms with Crippen molar-refractivity contribution < 1.29 is 9.84 Å². The van der Waals surface area contributed by atoms with Gasteiger partial charge >= 0.3 is 0 Å².